The zero-order valence-corrected chi connectivity index (χ0v) is 30.3. The van der Waals surface area contributed by atoms with Crippen LogP contribution in [0.25, 0.3) is 0 Å². The monoisotopic (exact) mass is 763 g/mol. The van der Waals surface area contributed by atoms with Crippen molar-refractivity contribution in [3.8, 4) is 0 Å². The van der Waals surface area contributed by atoms with Crippen molar-refractivity contribution in [1.29, 1.82) is 0 Å². The largest absolute Gasteiger partial charge is 0.481 e. The van der Waals surface area contributed by atoms with Gasteiger partial charge in [-0.2, -0.15) is 0 Å². The molecule has 2 aromatic heterocycles. The molecule has 0 aliphatic heterocycles. The van der Waals surface area contributed by atoms with E-state index in [1.165, 1.54) is 25.0 Å². The Kier molecular flexibility index (Phi) is 17.7. The minimum Gasteiger partial charge on any atom is -0.481 e. The Hall–Kier alpha value is -5.90. The molecular formula is C32H49N11O11. The highest BCUT2D eigenvalue weighted by atomic mass is 16.4. The molecule has 7 unspecified atom stereocenters. The fraction of sp³-hybridized carbons (Fsp3) is 0.562. The number of aromatic amines is 2. The van der Waals surface area contributed by atoms with E-state index in [2.05, 4.69) is 46.5 Å². The van der Waals surface area contributed by atoms with E-state index in [0.717, 1.165) is 0 Å². The molecule has 2 heterocycles. The average molecular weight is 764 g/mol. The van der Waals surface area contributed by atoms with Crippen LogP contribution in [0.4, 0.5) is 0 Å². The molecule has 0 fully saturated rings. The van der Waals surface area contributed by atoms with Gasteiger partial charge in [-0.3, -0.25) is 38.4 Å². The Morgan fingerprint density at radius 1 is 0.685 bits per heavy atom. The molecule has 0 spiro atoms. The van der Waals surface area contributed by atoms with Gasteiger partial charge in [-0.05, 0) is 11.8 Å². The zero-order valence-electron chi connectivity index (χ0n) is 30.3. The van der Waals surface area contributed by atoms with Gasteiger partial charge in [0.05, 0.1) is 31.7 Å². The second kappa shape index (κ2) is 21.6. The van der Waals surface area contributed by atoms with Crippen LogP contribution in [0.5, 0.6) is 0 Å². The first-order valence-corrected chi connectivity index (χ1v) is 17.0. The molecule has 22 nitrogen and oxygen atoms in total. The number of carboxylic acids is 2. The van der Waals surface area contributed by atoms with Crippen LogP contribution in [-0.4, -0.2) is 132 Å². The van der Waals surface area contributed by atoms with E-state index in [9.17, 15) is 48.6 Å². The zero-order chi connectivity index (χ0) is 40.5. The molecule has 0 aromatic carbocycles. The van der Waals surface area contributed by atoms with Crippen LogP contribution in [-0.2, 0) is 51.2 Å². The van der Waals surface area contributed by atoms with Crippen molar-refractivity contribution in [2.45, 2.75) is 89.6 Å². The molecular weight excluding hydrogens is 714 g/mol. The number of aliphatic hydroxyl groups is 1. The van der Waals surface area contributed by atoms with Crippen molar-refractivity contribution in [2.24, 2.45) is 17.6 Å². The second-order valence-electron chi connectivity index (χ2n) is 12.8. The van der Waals surface area contributed by atoms with E-state index < -0.39 is 115 Å². The minimum atomic E-state index is -1.75. The summed E-state index contributed by atoms with van der Waals surface area (Å²) in [4.78, 5) is 115. The van der Waals surface area contributed by atoms with Crippen LogP contribution in [0.2, 0.25) is 0 Å². The van der Waals surface area contributed by atoms with Gasteiger partial charge < -0.3 is 62.9 Å². The predicted molar refractivity (Wildman–Crippen MR) is 186 cm³/mol. The van der Waals surface area contributed by atoms with Gasteiger partial charge in [0.25, 0.3) is 0 Å². The summed E-state index contributed by atoms with van der Waals surface area (Å²) >= 11 is 0. The molecule has 298 valence electrons. The maximum absolute atomic E-state index is 13.7. The smallest absolute Gasteiger partial charge is 0.322 e. The number of aliphatic carboxylic acids is 2. The standard InChI is InChI=1S/C32H49N11O11/c1-5-16(4)26(32(54)41-22(12-44)30(52)40-21(8-23(45)46)28(50)36-11-24(47)48)43-31(53)25(15(2)3)42-29(51)20(7-18-10-35-14-38-18)39-27(49)19(33)6-17-9-34-13-37-17/h9-10,13-16,19-22,25-26,44H,5-8,11-12,33H2,1-4H3,(H,34,37)(H,35,38)(H,36,50)(H,39,49)(H,40,52)(H,41,54)(H,42,51)(H,43,53)(H,45,46)(H,47,48). The lowest BCUT2D eigenvalue weighted by Crippen LogP contribution is -2.62. The SMILES string of the molecule is CCC(C)C(NC(=O)C(NC(=O)C(Cc1cnc[nH]1)NC(=O)C(N)Cc1cnc[nH]1)C(C)C)C(=O)NC(CO)C(=O)NC(CC(=O)O)C(=O)NCC(=O)O. The van der Waals surface area contributed by atoms with E-state index in [-0.39, 0.29) is 12.8 Å². The second-order valence-corrected chi connectivity index (χ2v) is 12.8. The summed E-state index contributed by atoms with van der Waals surface area (Å²) in [7, 11) is 0. The molecule has 54 heavy (non-hydrogen) atoms. The quantitative estimate of drug-likeness (QED) is 0.0514. The third kappa shape index (κ3) is 14.3. The normalized spacial score (nSPS) is 14.9. The number of hydrogen-bond donors (Lipinski definition) is 12. The first-order valence-electron chi connectivity index (χ1n) is 17.0. The van der Waals surface area contributed by atoms with Crippen LogP contribution in [0.15, 0.2) is 25.0 Å². The number of aliphatic hydroxyl groups excluding tert-OH is 1. The number of carboxylic acid groups (broad SMARTS) is 2. The summed E-state index contributed by atoms with van der Waals surface area (Å²) in [5.74, 6) is -9.46. The van der Waals surface area contributed by atoms with Crippen molar-refractivity contribution < 1.29 is 53.7 Å². The van der Waals surface area contributed by atoms with Crippen LogP contribution in [0, 0.1) is 11.8 Å². The van der Waals surface area contributed by atoms with E-state index in [0.29, 0.717) is 17.8 Å². The van der Waals surface area contributed by atoms with Gasteiger partial charge in [0.1, 0.15) is 36.8 Å². The Morgan fingerprint density at radius 2 is 1.20 bits per heavy atom. The molecule has 0 bridgehead atoms. The highest BCUT2D eigenvalue weighted by molar-refractivity contribution is 5.97. The number of nitrogens with zero attached hydrogens (tertiary/aromatic N) is 2. The first kappa shape index (κ1) is 44.3. The van der Waals surface area contributed by atoms with Gasteiger partial charge in [-0.25, -0.2) is 9.97 Å². The molecule has 2 aromatic rings. The third-order valence-corrected chi connectivity index (χ3v) is 8.22. The Morgan fingerprint density at radius 3 is 1.70 bits per heavy atom. The van der Waals surface area contributed by atoms with Crippen LogP contribution in [0.1, 0.15) is 51.9 Å². The summed E-state index contributed by atoms with van der Waals surface area (Å²) in [5.41, 5.74) is 7.17. The summed E-state index contributed by atoms with van der Waals surface area (Å²) in [5, 5.41) is 42.1. The van der Waals surface area contributed by atoms with Crippen LogP contribution < -0.4 is 37.6 Å². The van der Waals surface area contributed by atoms with Crippen molar-refractivity contribution in [2.75, 3.05) is 13.2 Å². The first-order chi connectivity index (χ1) is 25.5. The van der Waals surface area contributed by atoms with E-state index >= 15 is 0 Å². The number of nitrogens with two attached hydrogens (primary N) is 1. The molecule has 0 saturated carbocycles. The summed E-state index contributed by atoms with van der Waals surface area (Å²) in [6.07, 6.45) is 5.24. The topological polar surface area (TPSA) is 353 Å². The highest BCUT2D eigenvalue weighted by Gasteiger charge is 2.36. The van der Waals surface area contributed by atoms with Gasteiger partial charge in [-0.1, -0.05) is 34.1 Å². The number of imidazole rings is 2. The molecule has 0 saturated heterocycles. The van der Waals surface area contributed by atoms with E-state index in [4.69, 9.17) is 10.8 Å². The van der Waals surface area contributed by atoms with Gasteiger partial charge in [-0.15, -0.1) is 0 Å². The van der Waals surface area contributed by atoms with Crippen molar-refractivity contribution >= 4 is 47.4 Å². The lowest BCUT2D eigenvalue weighted by atomic mass is 9.96. The third-order valence-electron chi connectivity index (χ3n) is 8.22. The Balaban J connectivity index is 2.21. The number of hydrogen-bond acceptors (Lipinski definition) is 12. The highest BCUT2D eigenvalue weighted by Crippen LogP contribution is 2.12. The molecule has 0 radical (unpaired) electrons. The van der Waals surface area contributed by atoms with Gasteiger partial charge in [0.15, 0.2) is 0 Å². The summed E-state index contributed by atoms with van der Waals surface area (Å²) in [6.45, 7) is 4.75. The maximum atomic E-state index is 13.7. The number of aromatic nitrogens is 4. The molecule has 0 aliphatic carbocycles. The number of nitrogens with one attached hydrogen (secondary N) is 8. The van der Waals surface area contributed by atoms with Crippen molar-refractivity contribution in [3.05, 3.63) is 36.4 Å². The number of amides is 6. The molecule has 7 atom stereocenters. The molecule has 22 heteroatoms. The van der Waals surface area contributed by atoms with Crippen molar-refractivity contribution in [1.82, 2.24) is 51.8 Å². The van der Waals surface area contributed by atoms with Gasteiger partial charge in [0, 0.05) is 36.6 Å². The molecule has 6 amide bonds. The minimum absolute atomic E-state index is 0.0438. The number of rotatable bonds is 23. The maximum Gasteiger partial charge on any atom is 0.322 e. The summed E-state index contributed by atoms with van der Waals surface area (Å²) < 4.78 is 0. The Labute approximate surface area is 309 Å². The fourth-order valence-electron chi connectivity index (χ4n) is 4.96. The predicted octanol–water partition coefficient (Wildman–Crippen LogP) is -3.96. The Bertz CT molecular complexity index is 1580. The number of carbonyl (C=O) groups is 8. The van der Waals surface area contributed by atoms with Crippen molar-refractivity contribution in [3.63, 3.8) is 0 Å². The number of H-pyrrole nitrogens is 2. The molecule has 0 aliphatic rings. The molecule has 2 rings (SSSR count). The summed E-state index contributed by atoms with van der Waals surface area (Å²) in [6, 6.07) is -8.31. The fourth-order valence-corrected chi connectivity index (χ4v) is 4.96. The lowest BCUT2D eigenvalue weighted by molar-refractivity contribution is -0.142. The number of carbonyl (C=O) groups excluding carboxylic acids is 6. The van der Waals surface area contributed by atoms with E-state index in [1.54, 1.807) is 27.7 Å². The van der Waals surface area contributed by atoms with Crippen LogP contribution >= 0.6 is 0 Å². The van der Waals surface area contributed by atoms with Crippen LogP contribution in [0.3, 0.4) is 0 Å². The van der Waals surface area contributed by atoms with E-state index in [1.807, 2.05) is 5.32 Å². The average Bonchev–Trinajstić information content (AvgIpc) is 3.83. The van der Waals surface area contributed by atoms with Gasteiger partial charge in [0.2, 0.25) is 35.4 Å². The van der Waals surface area contributed by atoms with Gasteiger partial charge >= 0.3 is 11.9 Å². The lowest BCUT2D eigenvalue weighted by Gasteiger charge is -2.30. The molecule has 13 N–H and O–H groups in total.